The van der Waals surface area contributed by atoms with Crippen LogP contribution in [0.25, 0.3) is 0 Å². The van der Waals surface area contributed by atoms with E-state index in [0.29, 0.717) is 16.3 Å². The molecule has 0 aliphatic carbocycles. The molecule has 30 heavy (non-hydrogen) atoms. The second kappa shape index (κ2) is 9.91. The Morgan fingerprint density at radius 1 is 0.800 bits per heavy atom. The van der Waals surface area contributed by atoms with Gasteiger partial charge in [-0.2, -0.15) is 0 Å². The number of amides is 2. The molecule has 152 valence electrons. The Labute approximate surface area is 182 Å². The number of hydrogen-bond donors (Lipinski definition) is 2. The predicted molar refractivity (Wildman–Crippen MR) is 116 cm³/mol. The topological polar surface area (TPSA) is 84.5 Å². The summed E-state index contributed by atoms with van der Waals surface area (Å²) in [7, 11) is 0. The van der Waals surface area contributed by atoms with Crippen molar-refractivity contribution in [3.8, 4) is 0 Å². The Morgan fingerprint density at radius 2 is 1.50 bits per heavy atom. The van der Waals surface area contributed by atoms with Crippen LogP contribution in [0.3, 0.4) is 0 Å². The standard InChI is InChI=1S/C22H16Cl2N2O4/c23-15-10-11-19(17(24)12-15)25-20(27)13-30-22(29)16-8-4-5-9-18(16)26-21(28)14-6-2-1-3-7-14/h1-12H,13H2,(H,25,27)(H,26,28). The van der Waals surface area contributed by atoms with Crippen LogP contribution >= 0.6 is 23.2 Å². The lowest BCUT2D eigenvalue weighted by Gasteiger charge is -2.11. The molecule has 0 bridgehead atoms. The first-order valence-electron chi connectivity index (χ1n) is 8.81. The third-order valence-corrected chi connectivity index (χ3v) is 4.52. The van der Waals surface area contributed by atoms with Crippen molar-refractivity contribution in [2.24, 2.45) is 0 Å². The quantitative estimate of drug-likeness (QED) is 0.523. The SMILES string of the molecule is O=C(COC(=O)c1ccccc1NC(=O)c1ccccc1)Nc1ccc(Cl)cc1Cl. The first-order valence-corrected chi connectivity index (χ1v) is 9.57. The van der Waals surface area contributed by atoms with Gasteiger partial charge >= 0.3 is 5.97 Å². The van der Waals surface area contributed by atoms with Crippen molar-refractivity contribution < 1.29 is 19.1 Å². The van der Waals surface area contributed by atoms with Crippen LogP contribution in [-0.4, -0.2) is 24.4 Å². The molecule has 3 aromatic carbocycles. The van der Waals surface area contributed by atoms with Gasteiger partial charge in [0.2, 0.25) is 0 Å². The van der Waals surface area contributed by atoms with Crippen molar-refractivity contribution in [2.45, 2.75) is 0 Å². The number of carbonyl (C=O) groups is 3. The third kappa shape index (κ3) is 5.59. The highest BCUT2D eigenvalue weighted by Gasteiger charge is 2.17. The Kier molecular flexibility index (Phi) is 7.06. The normalized spacial score (nSPS) is 10.2. The molecule has 3 aromatic rings. The van der Waals surface area contributed by atoms with E-state index in [4.69, 9.17) is 27.9 Å². The molecule has 0 aromatic heterocycles. The maximum atomic E-state index is 12.5. The molecule has 0 aliphatic heterocycles. The average Bonchev–Trinajstić information content (AvgIpc) is 2.75. The van der Waals surface area contributed by atoms with Crippen LogP contribution in [-0.2, 0) is 9.53 Å². The molecular weight excluding hydrogens is 427 g/mol. The molecule has 2 N–H and O–H groups in total. The van der Waals surface area contributed by atoms with Crippen LogP contribution in [0.5, 0.6) is 0 Å². The number of para-hydroxylation sites is 1. The fourth-order valence-corrected chi connectivity index (χ4v) is 3.00. The van der Waals surface area contributed by atoms with Gasteiger partial charge in [0.1, 0.15) is 0 Å². The fraction of sp³-hybridized carbons (Fsp3) is 0.0455. The number of rotatable bonds is 6. The smallest absolute Gasteiger partial charge is 0.340 e. The van der Waals surface area contributed by atoms with Crippen LogP contribution in [0.1, 0.15) is 20.7 Å². The van der Waals surface area contributed by atoms with Gasteiger partial charge in [0, 0.05) is 10.6 Å². The minimum Gasteiger partial charge on any atom is -0.452 e. The van der Waals surface area contributed by atoms with Crippen molar-refractivity contribution >= 4 is 52.4 Å². The van der Waals surface area contributed by atoms with E-state index in [1.807, 2.05) is 0 Å². The van der Waals surface area contributed by atoms with Crippen molar-refractivity contribution in [1.29, 1.82) is 0 Å². The zero-order valence-electron chi connectivity index (χ0n) is 15.5. The fourth-order valence-electron chi connectivity index (χ4n) is 2.54. The number of esters is 1. The van der Waals surface area contributed by atoms with Gasteiger partial charge in [-0.3, -0.25) is 9.59 Å². The maximum Gasteiger partial charge on any atom is 0.340 e. The number of halogens is 2. The largest absolute Gasteiger partial charge is 0.452 e. The van der Waals surface area contributed by atoms with Crippen LogP contribution in [0.4, 0.5) is 11.4 Å². The van der Waals surface area contributed by atoms with Gasteiger partial charge in [-0.25, -0.2) is 4.79 Å². The lowest BCUT2D eigenvalue weighted by atomic mass is 10.1. The van der Waals surface area contributed by atoms with E-state index < -0.39 is 18.5 Å². The Hall–Kier alpha value is -3.35. The highest BCUT2D eigenvalue weighted by molar-refractivity contribution is 6.36. The van der Waals surface area contributed by atoms with E-state index in [1.165, 1.54) is 12.1 Å². The van der Waals surface area contributed by atoms with Crippen molar-refractivity contribution in [2.75, 3.05) is 17.2 Å². The molecule has 3 rings (SSSR count). The first kappa shape index (κ1) is 21.4. The average molecular weight is 443 g/mol. The van der Waals surface area contributed by atoms with E-state index >= 15 is 0 Å². The number of anilines is 2. The van der Waals surface area contributed by atoms with Crippen LogP contribution in [0, 0.1) is 0 Å². The zero-order valence-corrected chi connectivity index (χ0v) is 17.0. The summed E-state index contributed by atoms with van der Waals surface area (Å²) in [5, 5.41) is 5.90. The van der Waals surface area contributed by atoms with Gasteiger partial charge < -0.3 is 15.4 Å². The van der Waals surface area contributed by atoms with Crippen molar-refractivity contribution in [3.05, 3.63) is 94.0 Å². The van der Waals surface area contributed by atoms with E-state index in [2.05, 4.69) is 10.6 Å². The van der Waals surface area contributed by atoms with E-state index in [9.17, 15) is 14.4 Å². The molecule has 0 unspecified atom stereocenters. The van der Waals surface area contributed by atoms with Gasteiger partial charge in [-0.05, 0) is 42.5 Å². The van der Waals surface area contributed by atoms with Crippen molar-refractivity contribution in [3.63, 3.8) is 0 Å². The lowest BCUT2D eigenvalue weighted by molar-refractivity contribution is -0.119. The molecule has 0 atom stereocenters. The lowest BCUT2D eigenvalue weighted by Crippen LogP contribution is -2.22. The molecule has 0 saturated heterocycles. The number of benzene rings is 3. The summed E-state index contributed by atoms with van der Waals surface area (Å²) in [5.74, 6) is -1.69. The van der Waals surface area contributed by atoms with Gasteiger partial charge in [-0.1, -0.05) is 53.5 Å². The summed E-state index contributed by atoms with van der Waals surface area (Å²) in [6.45, 7) is -0.529. The third-order valence-electron chi connectivity index (χ3n) is 3.97. The Morgan fingerprint density at radius 3 is 2.23 bits per heavy atom. The number of ether oxygens (including phenoxy) is 1. The summed E-state index contributed by atoms with van der Waals surface area (Å²) in [6.07, 6.45) is 0. The monoisotopic (exact) mass is 442 g/mol. The molecule has 0 radical (unpaired) electrons. The number of hydrogen-bond acceptors (Lipinski definition) is 4. The van der Waals surface area contributed by atoms with Gasteiger partial charge in [0.15, 0.2) is 6.61 Å². The zero-order chi connectivity index (χ0) is 21.5. The molecule has 6 nitrogen and oxygen atoms in total. The summed E-state index contributed by atoms with van der Waals surface area (Å²) in [5.41, 5.74) is 1.19. The summed E-state index contributed by atoms with van der Waals surface area (Å²) in [6, 6.07) is 19.5. The predicted octanol–water partition coefficient (Wildman–Crippen LogP) is 5.04. The van der Waals surface area contributed by atoms with Crippen LogP contribution < -0.4 is 10.6 Å². The van der Waals surface area contributed by atoms with Crippen molar-refractivity contribution in [1.82, 2.24) is 0 Å². The minimum absolute atomic E-state index is 0.124. The highest BCUT2D eigenvalue weighted by Crippen LogP contribution is 2.25. The van der Waals surface area contributed by atoms with E-state index in [0.717, 1.165) is 0 Å². The van der Waals surface area contributed by atoms with Gasteiger partial charge in [-0.15, -0.1) is 0 Å². The molecule has 0 fully saturated rings. The highest BCUT2D eigenvalue weighted by atomic mass is 35.5. The second-order valence-electron chi connectivity index (χ2n) is 6.11. The second-order valence-corrected chi connectivity index (χ2v) is 6.96. The van der Waals surface area contributed by atoms with Gasteiger partial charge in [0.25, 0.3) is 11.8 Å². The van der Waals surface area contributed by atoms with Crippen LogP contribution in [0.2, 0.25) is 10.0 Å². The Bertz CT molecular complexity index is 1090. The first-order chi connectivity index (χ1) is 14.4. The Balaban J connectivity index is 1.63. The van der Waals surface area contributed by atoms with E-state index in [-0.39, 0.29) is 22.2 Å². The maximum absolute atomic E-state index is 12.5. The molecule has 2 amide bonds. The van der Waals surface area contributed by atoms with E-state index in [1.54, 1.807) is 60.7 Å². The van der Waals surface area contributed by atoms with Gasteiger partial charge in [0.05, 0.1) is 22.0 Å². The molecular formula is C22H16Cl2N2O4. The minimum atomic E-state index is -0.753. The number of nitrogens with one attached hydrogen (secondary N) is 2. The summed E-state index contributed by atoms with van der Waals surface area (Å²) >= 11 is 11.8. The summed E-state index contributed by atoms with van der Waals surface area (Å²) in [4.78, 5) is 36.9. The molecule has 0 aliphatic rings. The van der Waals surface area contributed by atoms with Crippen LogP contribution in [0.15, 0.2) is 72.8 Å². The molecule has 0 heterocycles. The molecule has 0 saturated carbocycles. The molecule has 0 spiro atoms. The summed E-state index contributed by atoms with van der Waals surface area (Å²) < 4.78 is 5.08. The molecule has 8 heteroatoms. The number of carbonyl (C=O) groups excluding carboxylic acids is 3.